The van der Waals surface area contributed by atoms with Crippen molar-refractivity contribution in [3.05, 3.63) is 28.4 Å². The van der Waals surface area contributed by atoms with Crippen LogP contribution in [-0.2, 0) is 0 Å². The summed E-state index contributed by atoms with van der Waals surface area (Å²) in [5.41, 5.74) is 0.827. The summed E-state index contributed by atoms with van der Waals surface area (Å²) in [6.45, 7) is 3.68. The molecule has 0 unspecified atom stereocenters. The fourth-order valence-electron chi connectivity index (χ4n) is 1.26. The molecule has 0 atom stereocenters. The van der Waals surface area contributed by atoms with E-state index in [-0.39, 0.29) is 12.1 Å². The number of hydrogen-bond donors (Lipinski definition) is 0. The molecule has 2 aromatic rings. The smallest absolute Gasteiger partial charge is 0.381 e. The summed E-state index contributed by atoms with van der Waals surface area (Å²) in [6, 6.07) is 4.90. The second-order valence-electron chi connectivity index (χ2n) is 3.57. The zero-order valence-corrected chi connectivity index (χ0v) is 9.60. The largest absolute Gasteiger partial charge is 0.594 e. The van der Waals surface area contributed by atoms with Crippen LogP contribution in [0, 0.1) is 5.21 Å². The highest BCUT2D eigenvalue weighted by Crippen LogP contribution is 2.15. The molecule has 1 aromatic carbocycles. The molecule has 0 fully saturated rings. The summed E-state index contributed by atoms with van der Waals surface area (Å²) in [7, 11) is 0. The first-order valence-corrected chi connectivity index (χ1v) is 5.18. The van der Waals surface area contributed by atoms with Crippen molar-refractivity contribution in [3.8, 4) is 6.01 Å². The van der Waals surface area contributed by atoms with E-state index in [0.717, 1.165) is 0 Å². The van der Waals surface area contributed by atoms with Gasteiger partial charge in [0.2, 0.25) is 0 Å². The van der Waals surface area contributed by atoms with Crippen LogP contribution in [-0.4, -0.2) is 16.2 Å². The molecule has 0 bridgehead atoms. The van der Waals surface area contributed by atoms with Crippen molar-refractivity contribution in [1.29, 1.82) is 0 Å². The molecule has 0 aliphatic rings. The van der Waals surface area contributed by atoms with Gasteiger partial charge in [0.1, 0.15) is 5.52 Å². The fourth-order valence-corrected chi connectivity index (χ4v) is 1.43. The van der Waals surface area contributed by atoms with Crippen molar-refractivity contribution >= 4 is 22.6 Å². The third-order valence-corrected chi connectivity index (χ3v) is 2.11. The molecule has 0 radical (unpaired) electrons. The van der Waals surface area contributed by atoms with Gasteiger partial charge in [-0.1, -0.05) is 11.6 Å². The lowest BCUT2D eigenvalue weighted by Gasteiger charge is -2.06. The van der Waals surface area contributed by atoms with Gasteiger partial charge >= 0.3 is 6.01 Å². The predicted molar refractivity (Wildman–Crippen MR) is 59.3 cm³/mol. The minimum atomic E-state index is -0.0789. The zero-order valence-electron chi connectivity index (χ0n) is 8.85. The highest BCUT2D eigenvalue weighted by Gasteiger charge is 2.12. The highest BCUT2D eigenvalue weighted by molar-refractivity contribution is 6.31. The second-order valence-corrected chi connectivity index (χ2v) is 4.00. The maximum atomic E-state index is 11.6. The monoisotopic (exact) mass is 239 g/mol. The molecule has 0 spiro atoms. The molecule has 6 heteroatoms. The van der Waals surface area contributed by atoms with E-state index >= 15 is 0 Å². The number of fused-ring (bicyclic) bond motifs is 1. The first-order valence-electron chi connectivity index (χ1n) is 4.80. The van der Waals surface area contributed by atoms with Crippen LogP contribution in [0.15, 0.2) is 18.2 Å². The van der Waals surface area contributed by atoms with Crippen LogP contribution < -0.4 is 9.58 Å². The van der Waals surface area contributed by atoms with Crippen LogP contribution in [0.4, 0.5) is 0 Å². The van der Waals surface area contributed by atoms with Gasteiger partial charge in [0.05, 0.1) is 11.2 Å². The van der Waals surface area contributed by atoms with Gasteiger partial charge in [-0.05, 0) is 30.8 Å². The summed E-state index contributed by atoms with van der Waals surface area (Å²) in [5, 5.41) is 15.7. The molecule has 0 saturated heterocycles. The third kappa shape index (κ3) is 2.14. The zero-order chi connectivity index (χ0) is 11.7. The second kappa shape index (κ2) is 4.09. The van der Waals surface area contributed by atoms with Gasteiger partial charge in [0.15, 0.2) is 0 Å². The van der Waals surface area contributed by atoms with E-state index in [1.165, 1.54) is 6.07 Å². The lowest BCUT2D eigenvalue weighted by Crippen LogP contribution is -2.33. The summed E-state index contributed by atoms with van der Waals surface area (Å²) < 4.78 is 5.26. The molecule has 2 rings (SSSR count). The lowest BCUT2D eigenvalue weighted by molar-refractivity contribution is -0.643. The van der Waals surface area contributed by atoms with Crippen LogP contribution in [0.2, 0.25) is 5.02 Å². The van der Waals surface area contributed by atoms with E-state index in [4.69, 9.17) is 16.3 Å². The van der Waals surface area contributed by atoms with Gasteiger partial charge in [-0.15, -0.1) is 0 Å². The molecule has 0 N–H and O–H groups in total. The maximum Gasteiger partial charge on any atom is 0.381 e. The average Bonchev–Trinajstić information content (AvgIpc) is 2.18. The fraction of sp³-hybridized carbons (Fsp3) is 0.300. The standard InChI is InChI=1S/C10H10ClN3O2/c1-6(2)16-10-12-8-4-3-7(11)5-9(8)14(15)13-10/h3-6H,1-2H3. The Hall–Kier alpha value is -1.62. The molecule has 0 amide bonds. The van der Waals surface area contributed by atoms with Crippen molar-refractivity contribution in [2.45, 2.75) is 20.0 Å². The molecule has 0 aliphatic carbocycles. The first-order chi connectivity index (χ1) is 7.56. The van der Waals surface area contributed by atoms with Crippen molar-refractivity contribution in [1.82, 2.24) is 10.1 Å². The van der Waals surface area contributed by atoms with E-state index in [1.54, 1.807) is 12.1 Å². The van der Waals surface area contributed by atoms with E-state index in [9.17, 15) is 5.21 Å². The number of hydrogen-bond acceptors (Lipinski definition) is 4. The molecule has 0 aliphatic heterocycles. The van der Waals surface area contributed by atoms with Crippen molar-refractivity contribution in [3.63, 3.8) is 0 Å². The van der Waals surface area contributed by atoms with Crippen LogP contribution in [0.3, 0.4) is 0 Å². The Bertz CT molecular complexity index is 531. The minimum absolute atomic E-state index is 0.0693. The molecule has 5 nitrogen and oxygen atoms in total. The normalized spacial score (nSPS) is 11.0. The minimum Gasteiger partial charge on any atom is -0.594 e. The van der Waals surface area contributed by atoms with Crippen molar-refractivity contribution in [2.24, 2.45) is 0 Å². The van der Waals surface area contributed by atoms with E-state index < -0.39 is 0 Å². The molecule has 1 heterocycles. The Kier molecular flexibility index (Phi) is 2.78. The molecular weight excluding hydrogens is 230 g/mol. The third-order valence-electron chi connectivity index (χ3n) is 1.88. The van der Waals surface area contributed by atoms with Gasteiger partial charge in [0.25, 0.3) is 5.52 Å². The SMILES string of the molecule is CC(C)Oc1nc2ccc(Cl)cc2[n+]([O-])n1. The molecular formula is C10H10ClN3O2. The van der Waals surface area contributed by atoms with Crippen LogP contribution in [0.5, 0.6) is 6.01 Å². The van der Waals surface area contributed by atoms with Gasteiger partial charge in [-0.25, -0.2) is 0 Å². The molecule has 0 saturated carbocycles. The number of rotatable bonds is 2. The number of aromatic nitrogens is 3. The topological polar surface area (TPSA) is 62.0 Å². The Labute approximate surface area is 97.2 Å². The Morgan fingerprint density at radius 3 is 2.88 bits per heavy atom. The average molecular weight is 240 g/mol. The van der Waals surface area contributed by atoms with Gasteiger partial charge in [0, 0.05) is 11.1 Å². The predicted octanol–water partition coefficient (Wildman–Crippen LogP) is 1.70. The summed E-state index contributed by atoms with van der Waals surface area (Å²) >= 11 is 5.78. The van der Waals surface area contributed by atoms with Crippen molar-refractivity contribution < 1.29 is 9.58 Å². The number of nitrogens with zero attached hydrogens (tertiary/aromatic N) is 3. The summed E-state index contributed by atoms with van der Waals surface area (Å²) in [4.78, 5) is 4.57. The summed E-state index contributed by atoms with van der Waals surface area (Å²) in [6.07, 6.45) is -0.0789. The number of benzene rings is 1. The van der Waals surface area contributed by atoms with Crippen LogP contribution in [0.25, 0.3) is 11.0 Å². The first kappa shape index (κ1) is 10.9. The van der Waals surface area contributed by atoms with Crippen LogP contribution >= 0.6 is 11.6 Å². The van der Waals surface area contributed by atoms with E-state index in [0.29, 0.717) is 20.9 Å². The summed E-state index contributed by atoms with van der Waals surface area (Å²) in [5.74, 6) is 0. The molecule has 84 valence electrons. The Morgan fingerprint density at radius 2 is 2.19 bits per heavy atom. The van der Waals surface area contributed by atoms with Gasteiger partial charge in [-0.2, -0.15) is 4.98 Å². The van der Waals surface area contributed by atoms with Gasteiger partial charge < -0.3 is 9.94 Å². The van der Waals surface area contributed by atoms with Crippen molar-refractivity contribution in [2.75, 3.05) is 0 Å². The van der Waals surface area contributed by atoms with Gasteiger partial charge in [-0.3, -0.25) is 0 Å². The Morgan fingerprint density at radius 1 is 1.44 bits per heavy atom. The van der Waals surface area contributed by atoms with E-state index in [2.05, 4.69) is 10.1 Å². The molecule has 1 aromatic heterocycles. The highest BCUT2D eigenvalue weighted by atomic mass is 35.5. The molecule has 16 heavy (non-hydrogen) atoms. The van der Waals surface area contributed by atoms with E-state index in [1.807, 2.05) is 13.8 Å². The lowest BCUT2D eigenvalue weighted by atomic mass is 10.3. The van der Waals surface area contributed by atoms with Crippen LogP contribution in [0.1, 0.15) is 13.8 Å². The Balaban J connectivity index is 2.55. The number of halogens is 1. The number of ether oxygens (including phenoxy) is 1. The maximum absolute atomic E-state index is 11.6. The quantitative estimate of drug-likeness (QED) is 0.591.